The van der Waals surface area contributed by atoms with Gasteiger partial charge < -0.3 is 4.90 Å². The van der Waals surface area contributed by atoms with E-state index in [1.807, 2.05) is 0 Å². The molecule has 3 N–H and O–H groups in total. The van der Waals surface area contributed by atoms with E-state index in [-0.39, 0.29) is 6.04 Å². The van der Waals surface area contributed by atoms with E-state index < -0.39 is 0 Å². The van der Waals surface area contributed by atoms with Crippen molar-refractivity contribution in [1.82, 2.24) is 10.3 Å². The van der Waals surface area contributed by atoms with Crippen LogP contribution in [0.3, 0.4) is 0 Å². The molecule has 0 heterocycles. The van der Waals surface area contributed by atoms with Gasteiger partial charge in [0.25, 0.3) is 0 Å². The van der Waals surface area contributed by atoms with E-state index in [1.54, 1.807) is 0 Å². The molecule has 0 spiro atoms. The van der Waals surface area contributed by atoms with Crippen LogP contribution in [0, 0.1) is 0 Å². The number of rotatable bonds is 7. The van der Waals surface area contributed by atoms with Crippen molar-refractivity contribution < 1.29 is 0 Å². The fourth-order valence-corrected chi connectivity index (χ4v) is 2.62. The fraction of sp³-hybridized carbons (Fsp3) is 0.412. The molecule has 0 saturated heterocycles. The highest BCUT2D eigenvalue weighted by molar-refractivity contribution is 5.83. The van der Waals surface area contributed by atoms with E-state index in [9.17, 15) is 0 Å². The molecule has 0 aliphatic rings. The minimum absolute atomic E-state index is 0.209. The molecule has 0 amide bonds. The molecule has 2 aromatic rings. The van der Waals surface area contributed by atoms with Crippen LogP contribution in [0.25, 0.3) is 10.8 Å². The molecule has 0 aromatic heterocycles. The maximum Gasteiger partial charge on any atom is 0.0472 e. The lowest BCUT2D eigenvalue weighted by atomic mass is 10.00. The number of hydrazine groups is 1. The van der Waals surface area contributed by atoms with Crippen molar-refractivity contribution in [3.63, 3.8) is 0 Å². The number of benzene rings is 2. The lowest BCUT2D eigenvalue weighted by molar-refractivity contribution is 0.282. The Bertz CT molecular complexity index is 535. The molecule has 1 unspecified atom stereocenters. The van der Waals surface area contributed by atoms with Gasteiger partial charge in [-0.2, -0.15) is 0 Å². The zero-order valence-corrected chi connectivity index (χ0v) is 12.5. The van der Waals surface area contributed by atoms with Gasteiger partial charge in [0.05, 0.1) is 0 Å². The number of nitrogens with two attached hydrogens (primary N) is 1. The second kappa shape index (κ2) is 7.39. The summed E-state index contributed by atoms with van der Waals surface area (Å²) in [5, 5.41) is 2.55. The van der Waals surface area contributed by atoms with Crippen molar-refractivity contribution in [2.45, 2.75) is 26.3 Å². The van der Waals surface area contributed by atoms with Gasteiger partial charge in [-0.1, -0.05) is 50.2 Å². The highest BCUT2D eigenvalue weighted by atomic mass is 15.2. The van der Waals surface area contributed by atoms with Gasteiger partial charge in [-0.3, -0.25) is 11.3 Å². The quantitative estimate of drug-likeness (QED) is 0.600. The van der Waals surface area contributed by atoms with Crippen LogP contribution in [0.5, 0.6) is 0 Å². The number of nitrogens with zero attached hydrogens (tertiary/aromatic N) is 1. The summed E-state index contributed by atoms with van der Waals surface area (Å²) in [5.74, 6) is 5.75. The van der Waals surface area contributed by atoms with E-state index in [2.05, 4.69) is 66.6 Å². The molecular weight excluding hydrogens is 246 g/mol. The first-order chi connectivity index (χ1) is 9.78. The van der Waals surface area contributed by atoms with Crippen molar-refractivity contribution in [2.75, 3.05) is 19.6 Å². The normalized spacial score (nSPS) is 13.0. The van der Waals surface area contributed by atoms with Crippen molar-refractivity contribution in [1.29, 1.82) is 0 Å². The summed E-state index contributed by atoms with van der Waals surface area (Å²) in [5.41, 5.74) is 4.22. The molecule has 0 fully saturated rings. The molecule has 2 aromatic carbocycles. The molecule has 0 aliphatic heterocycles. The summed E-state index contributed by atoms with van der Waals surface area (Å²) in [6.45, 7) is 7.64. The maximum absolute atomic E-state index is 5.75. The van der Waals surface area contributed by atoms with Gasteiger partial charge in [0, 0.05) is 6.04 Å². The number of hydrogen-bond donors (Lipinski definition) is 2. The third-order valence-electron chi connectivity index (χ3n) is 4.01. The van der Waals surface area contributed by atoms with Crippen LogP contribution < -0.4 is 11.3 Å². The Labute approximate surface area is 121 Å². The molecule has 3 heteroatoms. The van der Waals surface area contributed by atoms with Crippen LogP contribution in [0.15, 0.2) is 42.5 Å². The lowest BCUT2D eigenvalue weighted by Crippen LogP contribution is -2.32. The van der Waals surface area contributed by atoms with Gasteiger partial charge >= 0.3 is 0 Å². The van der Waals surface area contributed by atoms with Crippen molar-refractivity contribution in [2.24, 2.45) is 5.84 Å². The van der Waals surface area contributed by atoms with Crippen molar-refractivity contribution in [3.8, 4) is 0 Å². The standard InChI is InChI=1S/C17H25N3/c1-3-20(4-2)12-11-17(19-18)16-10-9-14-7-5-6-8-15(14)13-16/h5-10,13,17,19H,3-4,11-12,18H2,1-2H3. The molecule has 20 heavy (non-hydrogen) atoms. The Balaban J connectivity index is 2.12. The molecule has 2 rings (SSSR count). The van der Waals surface area contributed by atoms with Crippen molar-refractivity contribution >= 4 is 10.8 Å². The predicted octanol–water partition coefficient (Wildman–Crippen LogP) is 3.08. The Morgan fingerprint density at radius 2 is 1.75 bits per heavy atom. The SMILES string of the molecule is CCN(CC)CCC(NN)c1ccc2ccccc2c1. The smallest absolute Gasteiger partial charge is 0.0472 e. The first-order valence-electron chi connectivity index (χ1n) is 7.45. The van der Waals surface area contributed by atoms with E-state index in [1.165, 1.54) is 16.3 Å². The second-order valence-electron chi connectivity index (χ2n) is 5.14. The first kappa shape index (κ1) is 15.0. The van der Waals surface area contributed by atoms with Crippen LogP contribution in [0.1, 0.15) is 31.9 Å². The van der Waals surface area contributed by atoms with Crippen LogP contribution in [0.2, 0.25) is 0 Å². The Morgan fingerprint density at radius 3 is 2.40 bits per heavy atom. The number of fused-ring (bicyclic) bond motifs is 1. The summed E-state index contributed by atoms with van der Waals surface area (Å²) in [4.78, 5) is 2.42. The maximum atomic E-state index is 5.75. The van der Waals surface area contributed by atoms with Crippen LogP contribution in [0.4, 0.5) is 0 Å². The Morgan fingerprint density at radius 1 is 1.05 bits per heavy atom. The second-order valence-corrected chi connectivity index (χ2v) is 5.14. The van der Waals surface area contributed by atoms with Gasteiger partial charge in [-0.15, -0.1) is 0 Å². The topological polar surface area (TPSA) is 41.3 Å². The zero-order chi connectivity index (χ0) is 14.4. The highest BCUT2D eigenvalue weighted by Crippen LogP contribution is 2.22. The predicted molar refractivity (Wildman–Crippen MR) is 86.4 cm³/mol. The lowest BCUT2D eigenvalue weighted by Gasteiger charge is -2.22. The third-order valence-corrected chi connectivity index (χ3v) is 4.01. The molecule has 0 aliphatic carbocycles. The molecule has 0 bridgehead atoms. The van der Waals surface area contributed by atoms with E-state index in [4.69, 9.17) is 5.84 Å². The minimum Gasteiger partial charge on any atom is -0.304 e. The molecule has 3 nitrogen and oxygen atoms in total. The van der Waals surface area contributed by atoms with Gasteiger partial charge in [-0.05, 0) is 48.5 Å². The summed E-state index contributed by atoms with van der Waals surface area (Å²) >= 11 is 0. The van der Waals surface area contributed by atoms with Crippen LogP contribution >= 0.6 is 0 Å². The molecule has 0 radical (unpaired) electrons. The number of hydrogen-bond acceptors (Lipinski definition) is 3. The summed E-state index contributed by atoms with van der Waals surface area (Å²) in [7, 11) is 0. The third kappa shape index (κ3) is 3.57. The van der Waals surface area contributed by atoms with Gasteiger partial charge in [0.2, 0.25) is 0 Å². The summed E-state index contributed by atoms with van der Waals surface area (Å²) in [6.07, 6.45) is 1.02. The average molecular weight is 271 g/mol. The average Bonchev–Trinajstić information content (AvgIpc) is 2.51. The van der Waals surface area contributed by atoms with E-state index in [0.717, 1.165) is 26.1 Å². The van der Waals surface area contributed by atoms with E-state index >= 15 is 0 Å². The van der Waals surface area contributed by atoms with Crippen molar-refractivity contribution in [3.05, 3.63) is 48.0 Å². The Kier molecular flexibility index (Phi) is 5.53. The monoisotopic (exact) mass is 271 g/mol. The minimum atomic E-state index is 0.209. The number of nitrogens with one attached hydrogen (secondary N) is 1. The van der Waals surface area contributed by atoms with Gasteiger partial charge in [0.1, 0.15) is 0 Å². The summed E-state index contributed by atoms with van der Waals surface area (Å²) < 4.78 is 0. The van der Waals surface area contributed by atoms with Crippen LogP contribution in [-0.4, -0.2) is 24.5 Å². The zero-order valence-electron chi connectivity index (χ0n) is 12.5. The first-order valence-corrected chi connectivity index (χ1v) is 7.45. The van der Waals surface area contributed by atoms with E-state index in [0.29, 0.717) is 0 Å². The molecule has 1 atom stereocenters. The highest BCUT2D eigenvalue weighted by Gasteiger charge is 2.11. The Hall–Kier alpha value is -1.42. The molecular formula is C17H25N3. The van der Waals surface area contributed by atoms with Gasteiger partial charge in [-0.25, -0.2) is 0 Å². The fourth-order valence-electron chi connectivity index (χ4n) is 2.62. The largest absolute Gasteiger partial charge is 0.304 e. The molecule has 0 saturated carbocycles. The summed E-state index contributed by atoms with van der Waals surface area (Å²) in [6, 6.07) is 15.2. The molecule has 108 valence electrons. The van der Waals surface area contributed by atoms with Gasteiger partial charge in [0.15, 0.2) is 0 Å². The van der Waals surface area contributed by atoms with Crippen LogP contribution in [-0.2, 0) is 0 Å².